The Morgan fingerprint density at radius 1 is 0.727 bits per heavy atom. The number of amides is 4. The molecule has 2 aromatic carbocycles. The highest BCUT2D eigenvalue weighted by molar-refractivity contribution is 5.85. The van der Waals surface area contributed by atoms with Crippen molar-refractivity contribution in [1.82, 2.24) is 25.3 Å². The molecule has 44 heavy (non-hydrogen) atoms. The zero-order valence-electron chi connectivity index (χ0n) is 26.1. The van der Waals surface area contributed by atoms with Crippen molar-refractivity contribution < 1.29 is 33.4 Å². The van der Waals surface area contributed by atoms with Gasteiger partial charge in [0.2, 0.25) is 5.91 Å². The molecular formula is C32H45N5O7. The topological polar surface area (TPSA) is 130 Å². The Balaban J connectivity index is 0.000000278. The van der Waals surface area contributed by atoms with Gasteiger partial charge in [0.25, 0.3) is 0 Å². The highest BCUT2D eigenvalue weighted by atomic mass is 16.6. The summed E-state index contributed by atoms with van der Waals surface area (Å²) >= 11 is 0. The van der Waals surface area contributed by atoms with Gasteiger partial charge in [-0.15, -0.1) is 0 Å². The van der Waals surface area contributed by atoms with E-state index in [2.05, 4.69) is 10.6 Å². The SMILES string of the molecule is C[C@H](NC(=O)OC(C)(C)C)C(=O)N1CCN(C(=O)OCc2ccccc2)CC1.O=C(OCc1ccccc1)N1CCNCC1. The van der Waals surface area contributed by atoms with Crippen LogP contribution in [0.2, 0.25) is 0 Å². The van der Waals surface area contributed by atoms with Crippen LogP contribution in [0.5, 0.6) is 0 Å². The van der Waals surface area contributed by atoms with Gasteiger partial charge < -0.3 is 39.5 Å². The van der Waals surface area contributed by atoms with E-state index in [-0.39, 0.29) is 18.6 Å². The van der Waals surface area contributed by atoms with Gasteiger partial charge in [0.1, 0.15) is 24.9 Å². The van der Waals surface area contributed by atoms with E-state index in [1.807, 2.05) is 60.7 Å². The summed E-state index contributed by atoms with van der Waals surface area (Å²) in [5.74, 6) is -0.205. The number of piperazine rings is 2. The molecule has 2 aliphatic heterocycles. The van der Waals surface area contributed by atoms with Gasteiger partial charge in [-0.25, -0.2) is 14.4 Å². The van der Waals surface area contributed by atoms with E-state index in [0.717, 1.165) is 37.3 Å². The van der Waals surface area contributed by atoms with Gasteiger partial charge >= 0.3 is 18.3 Å². The molecule has 0 aliphatic carbocycles. The van der Waals surface area contributed by atoms with Crippen LogP contribution in [0, 0.1) is 0 Å². The molecule has 0 aromatic heterocycles. The fraction of sp³-hybridized carbons (Fsp3) is 0.500. The number of benzene rings is 2. The van der Waals surface area contributed by atoms with Crippen molar-refractivity contribution in [2.24, 2.45) is 0 Å². The maximum atomic E-state index is 12.5. The Hall–Kier alpha value is -4.32. The third-order valence-electron chi connectivity index (χ3n) is 6.74. The molecule has 0 saturated carbocycles. The summed E-state index contributed by atoms with van der Waals surface area (Å²) < 4.78 is 15.7. The molecule has 0 spiro atoms. The second-order valence-electron chi connectivity index (χ2n) is 11.5. The first-order chi connectivity index (χ1) is 21.0. The molecule has 2 aromatic rings. The molecule has 4 amide bonds. The highest BCUT2D eigenvalue weighted by Crippen LogP contribution is 2.10. The monoisotopic (exact) mass is 611 g/mol. The van der Waals surface area contributed by atoms with Crippen LogP contribution in [0.25, 0.3) is 0 Å². The van der Waals surface area contributed by atoms with E-state index >= 15 is 0 Å². The number of hydrogen-bond acceptors (Lipinski definition) is 8. The molecule has 2 fully saturated rings. The smallest absolute Gasteiger partial charge is 0.410 e. The number of carbonyl (C=O) groups is 4. The second kappa shape index (κ2) is 17.1. The molecule has 2 N–H and O–H groups in total. The first-order valence-corrected chi connectivity index (χ1v) is 14.9. The lowest BCUT2D eigenvalue weighted by Crippen LogP contribution is -2.55. The summed E-state index contributed by atoms with van der Waals surface area (Å²) in [5.41, 5.74) is 1.32. The van der Waals surface area contributed by atoms with E-state index in [4.69, 9.17) is 14.2 Å². The summed E-state index contributed by atoms with van der Waals surface area (Å²) in [5, 5.41) is 5.74. The van der Waals surface area contributed by atoms with Gasteiger partial charge in [0.15, 0.2) is 0 Å². The fourth-order valence-electron chi connectivity index (χ4n) is 4.40. The van der Waals surface area contributed by atoms with Gasteiger partial charge in [0, 0.05) is 52.4 Å². The first kappa shape index (κ1) is 34.2. The lowest BCUT2D eigenvalue weighted by molar-refractivity contribution is -0.134. The van der Waals surface area contributed by atoms with Crippen molar-refractivity contribution in [2.45, 2.75) is 52.6 Å². The molecule has 1 atom stereocenters. The van der Waals surface area contributed by atoms with Crippen molar-refractivity contribution in [2.75, 3.05) is 52.4 Å². The lowest BCUT2D eigenvalue weighted by atomic mass is 10.2. The van der Waals surface area contributed by atoms with Gasteiger partial charge in [-0.2, -0.15) is 0 Å². The number of nitrogens with zero attached hydrogens (tertiary/aromatic N) is 3. The van der Waals surface area contributed by atoms with Crippen LogP contribution in [0.3, 0.4) is 0 Å². The number of rotatable bonds is 6. The number of nitrogens with one attached hydrogen (secondary N) is 2. The number of hydrogen-bond donors (Lipinski definition) is 2. The van der Waals surface area contributed by atoms with Gasteiger partial charge in [-0.3, -0.25) is 4.79 Å². The van der Waals surface area contributed by atoms with Crippen LogP contribution >= 0.6 is 0 Å². The summed E-state index contributed by atoms with van der Waals surface area (Å²) in [4.78, 5) is 53.1. The minimum absolute atomic E-state index is 0.205. The van der Waals surface area contributed by atoms with Crippen LogP contribution in [0.15, 0.2) is 60.7 Å². The largest absolute Gasteiger partial charge is 0.445 e. The lowest BCUT2D eigenvalue weighted by Gasteiger charge is -2.35. The molecule has 4 rings (SSSR count). The van der Waals surface area contributed by atoms with E-state index in [0.29, 0.717) is 32.8 Å². The van der Waals surface area contributed by atoms with Gasteiger partial charge in [-0.1, -0.05) is 60.7 Å². The Kier molecular flexibility index (Phi) is 13.3. The molecular weight excluding hydrogens is 566 g/mol. The average molecular weight is 612 g/mol. The van der Waals surface area contributed by atoms with Crippen LogP contribution < -0.4 is 10.6 Å². The molecule has 0 radical (unpaired) electrons. The maximum Gasteiger partial charge on any atom is 0.410 e. The van der Waals surface area contributed by atoms with Gasteiger partial charge in [0.05, 0.1) is 0 Å². The summed E-state index contributed by atoms with van der Waals surface area (Å²) in [6.45, 7) is 12.2. The Morgan fingerprint density at radius 2 is 1.16 bits per heavy atom. The Labute approximate surface area is 259 Å². The predicted molar refractivity (Wildman–Crippen MR) is 165 cm³/mol. The van der Waals surface area contributed by atoms with E-state index in [1.165, 1.54) is 0 Å². The zero-order valence-corrected chi connectivity index (χ0v) is 26.1. The van der Waals surface area contributed by atoms with E-state index < -0.39 is 23.8 Å². The molecule has 12 nitrogen and oxygen atoms in total. The minimum atomic E-state index is -0.702. The standard InChI is InChI=1S/C20H29N3O5.C12H16N2O2/c1-15(21-18(25)28-20(2,3)4)17(24)22-10-12-23(13-11-22)19(26)27-14-16-8-6-5-7-9-16;15-12(14-8-6-13-7-9-14)16-10-11-4-2-1-3-5-11/h5-9,15H,10-14H2,1-4H3,(H,21,25);1-5,13H,6-10H2/t15-;/m0./s1. The van der Waals surface area contributed by atoms with Crippen LogP contribution in [-0.4, -0.2) is 103 Å². The van der Waals surface area contributed by atoms with Crippen LogP contribution in [0.1, 0.15) is 38.8 Å². The van der Waals surface area contributed by atoms with Crippen molar-refractivity contribution in [3.05, 3.63) is 71.8 Å². The first-order valence-electron chi connectivity index (χ1n) is 14.9. The maximum absolute atomic E-state index is 12.5. The molecule has 0 bridgehead atoms. The molecule has 12 heteroatoms. The minimum Gasteiger partial charge on any atom is -0.445 e. The van der Waals surface area contributed by atoms with Crippen molar-refractivity contribution in [3.63, 3.8) is 0 Å². The number of carbonyl (C=O) groups excluding carboxylic acids is 4. The third-order valence-corrected chi connectivity index (χ3v) is 6.74. The normalized spacial score (nSPS) is 15.7. The van der Waals surface area contributed by atoms with E-state index in [1.54, 1.807) is 42.4 Å². The molecule has 2 saturated heterocycles. The molecule has 2 heterocycles. The quantitative estimate of drug-likeness (QED) is 0.474. The Morgan fingerprint density at radius 3 is 1.61 bits per heavy atom. The van der Waals surface area contributed by atoms with Crippen molar-refractivity contribution in [1.29, 1.82) is 0 Å². The summed E-state index contributed by atoms with van der Waals surface area (Å²) in [6.07, 6.45) is -1.24. The average Bonchev–Trinajstić information content (AvgIpc) is 3.03. The predicted octanol–water partition coefficient (Wildman–Crippen LogP) is 3.61. The van der Waals surface area contributed by atoms with Crippen molar-refractivity contribution >= 4 is 24.2 Å². The molecule has 0 unspecified atom stereocenters. The van der Waals surface area contributed by atoms with Gasteiger partial charge in [-0.05, 0) is 38.8 Å². The number of alkyl carbamates (subject to hydrolysis) is 1. The fourth-order valence-corrected chi connectivity index (χ4v) is 4.40. The zero-order chi connectivity index (χ0) is 32.0. The summed E-state index contributed by atoms with van der Waals surface area (Å²) in [6, 6.07) is 18.5. The van der Waals surface area contributed by atoms with Crippen LogP contribution in [0.4, 0.5) is 14.4 Å². The molecule has 240 valence electrons. The Bertz CT molecular complexity index is 1190. The van der Waals surface area contributed by atoms with Crippen LogP contribution in [-0.2, 0) is 32.2 Å². The van der Waals surface area contributed by atoms with Crippen molar-refractivity contribution in [3.8, 4) is 0 Å². The second-order valence-corrected chi connectivity index (χ2v) is 11.5. The highest BCUT2D eigenvalue weighted by Gasteiger charge is 2.29. The summed E-state index contributed by atoms with van der Waals surface area (Å²) in [7, 11) is 0. The number of ether oxygens (including phenoxy) is 3. The third kappa shape index (κ3) is 12.1. The molecule has 2 aliphatic rings. The van der Waals surface area contributed by atoms with E-state index in [9.17, 15) is 19.2 Å².